The van der Waals surface area contributed by atoms with Gasteiger partial charge in [-0.25, -0.2) is 9.59 Å². The molecule has 0 amide bonds. The average molecular weight is 287 g/mol. The highest BCUT2D eigenvalue weighted by molar-refractivity contribution is 5.72. The van der Waals surface area contributed by atoms with E-state index in [2.05, 4.69) is 4.98 Å². The first-order valence-corrected chi connectivity index (χ1v) is 5.60. The predicted molar refractivity (Wildman–Crippen MR) is 62.5 cm³/mol. The van der Waals surface area contributed by atoms with E-state index in [1.807, 2.05) is 0 Å². The number of aromatic nitrogens is 2. The van der Waals surface area contributed by atoms with Gasteiger partial charge in [0.2, 0.25) is 0 Å². The predicted octanol–water partition coefficient (Wildman–Crippen LogP) is -3.11. The lowest BCUT2D eigenvalue weighted by Crippen LogP contribution is -2.42. The zero-order chi connectivity index (χ0) is 15.0. The molecule has 0 aliphatic carbocycles. The van der Waals surface area contributed by atoms with Crippen molar-refractivity contribution >= 4 is 11.8 Å². The Kier molecular flexibility index (Phi) is 3.72. The second kappa shape index (κ2) is 5.17. The number of rotatable bonds is 3. The Balaban J connectivity index is 2.30. The summed E-state index contributed by atoms with van der Waals surface area (Å²) in [5.41, 5.74) is 4.47. The van der Waals surface area contributed by atoms with Crippen LogP contribution in [0.3, 0.4) is 0 Å². The Morgan fingerprint density at radius 2 is 2.10 bits per heavy atom. The van der Waals surface area contributed by atoms with Crippen molar-refractivity contribution in [3.63, 3.8) is 0 Å². The van der Waals surface area contributed by atoms with Crippen molar-refractivity contribution in [1.82, 2.24) is 9.55 Å². The number of aliphatic hydroxyl groups is 3. The number of ether oxygens (including phenoxy) is 1. The average Bonchev–Trinajstić information content (AvgIpc) is 2.66. The van der Waals surface area contributed by atoms with Gasteiger partial charge in [-0.1, -0.05) is 0 Å². The minimum absolute atomic E-state index is 0.0404. The van der Waals surface area contributed by atoms with Crippen LogP contribution >= 0.6 is 0 Å². The van der Waals surface area contributed by atoms with Crippen molar-refractivity contribution in [2.45, 2.75) is 30.6 Å². The molecule has 1 aliphatic heterocycles. The third kappa shape index (κ3) is 2.36. The molecule has 1 fully saturated rings. The highest BCUT2D eigenvalue weighted by Gasteiger charge is 2.49. The van der Waals surface area contributed by atoms with Crippen LogP contribution in [0, 0.1) is 0 Å². The van der Waals surface area contributed by atoms with E-state index >= 15 is 0 Å². The van der Waals surface area contributed by atoms with Crippen LogP contribution < -0.4 is 11.4 Å². The molecule has 0 aromatic carbocycles. The molecule has 1 aliphatic rings. The number of nitrogen functional groups attached to an aromatic ring is 1. The van der Waals surface area contributed by atoms with E-state index in [-0.39, 0.29) is 5.82 Å². The van der Waals surface area contributed by atoms with Crippen molar-refractivity contribution in [1.29, 1.82) is 0 Å². The van der Waals surface area contributed by atoms with Gasteiger partial charge in [-0.05, 0) is 6.07 Å². The SMILES string of the molecule is Nc1ccn(C2OC(C(O)C(=O)O)C(O)C2O)c(=O)n1. The summed E-state index contributed by atoms with van der Waals surface area (Å²) in [6.45, 7) is 0. The Morgan fingerprint density at radius 3 is 2.65 bits per heavy atom. The second-order valence-electron chi connectivity index (χ2n) is 4.30. The number of aliphatic hydroxyl groups excluding tert-OH is 3. The summed E-state index contributed by atoms with van der Waals surface area (Å²) in [5, 5.41) is 37.6. The Bertz CT molecular complexity index is 574. The summed E-state index contributed by atoms with van der Waals surface area (Å²) in [4.78, 5) is 25.7. The fraction of sp³-hybridized carbons (Fsp3) is 0.500. The molecule has 1 aromatic heterocycles. The van der Waals surface area contributed by atoms with E-state index in [4.69, 9.17) is 15.6 Å². The summed E-state index contributed by atoms with van der Waals surface area (Å²) < 4.78 is 5.91. The highest BCUT2D eigenvalue weighted by atomic mass is 16.6. The van der Waals surface area contributed by atoms with Crippen LogP contribution in [0.2, 0.25) is 0 Å². The molecule has 6 N–H and O–H groups in total. The van der Waals surface area contributed by atoms with E-state index in [9.17, 15) is 24.9 Å². The quantitative estimate of drug-likeness (QED) is 0.386. The third-order valence-electron chi connectivity index (χ3n) is 2.97. The fourth-order valence-electron chi connectivity index (χ4n) is 1.94. The number of hydrogen-bond donors (Lipinski definition) is 5. The molecule has 5 unspecified atom stereocenters. The summed E-state index contributed by atoms with van der Waals surface area (Å²) in [7, 11) is 0. The number of nitrogens with zero attached hydrogens (tertiary/aromatic N) is 2. The van der Waals surface area contributed by atoms with Gasteiger partial charge in [0.15, 0.2) is 12.3 Å². The lowest BCUT2D eigenvalue weighted by molar-refractivity contribution is -0.160. The van der Waals surface area contributed by atoms with Gasteiger partial charge in [-0.3, -0.25) is 4.57 Å². The van der Waals surface area contributed by atoms with Gasteiger partial charge in [0, 0.05) is 6.20 Å². The van der Waals surface area contributed by atoms with Gasteiger partial charge < -0.3 is 30.9 Å². The van der Waals surface area contributed by atoms with E-state index in [1.54, 1.807) is 0 Å². The molecule has 5 atom stereocenters. The molecular formula is C10H13N3O7. The molecular weight excluding hydrogens is 274 g/mol. The van der Waals surface area contributed by atoms with E-state index in [0.29, 0.717) is 0 Å². The van der Waals surface area contributed by atoms with Gasteiger partial charge in [0.05, 0.1) is 0 Å². The monoisotopic (exact) mass is 287 g/mol. The van der Waals surface area contributed by atoms with Crippen LogP contribution in [0.5, 0.6) is 0 Å². The molecule has 0 spiro atoms. The maximum Gasteiger partial charge on any atom is 0.351 e. The first-order valence-electron chi connectivity index (χ1n) is 5.60. The largest absolute Gasteiger partial charge is 0.479 e. The van der Waals surface area contributed by atoms with Crippen molar-refractivity contribution in [3.8, 4) is 0 Å². The number of carboxylic acids is 1. The minimum atomic E-state index is -2.04. The van der Waals surface area contributed by atoms with Gasteiger partial charge in [-0.15, -0.1) is 0 Å². The summed E-state index contributed by atoms with van der Waals surface area (Å²) >= 11 is 0. The number of aliphatic carboxylic acids is 1. The minimum Gasteiger partial charge on any atom is -0.479 e. The lowest BCUT2D eigenvalue weighted by atomic mass is 10.1. The Hall–Kier alpha value is -2.01. The zero-order valence-corrected chi connectivity index (χ0v) is 10.0. The highest BCUT2D eigenvalue weighted by Crippen LogP contribution is 2.30. The first kappa shape index (κ1) is 14.4. The molecule has 2 rings (SSSR count). The summed E-state index contributed by atoms with van der Waals surface area (Å²) in [6, 6.07) is 1.27. The molecule has 20 heavy (non-hydrogen) atoms. The van der Waals surface area contributed by atoms with Crippen LogP contribution in [0.4, 0.5) is 5.82 Å². The fourth-order valence-corrected chi connectivity index (χ4v) is 1.94. The molecule has 1 aromatic rings. The van der Waals surface area contributed by atoms with Crippen LogP contribution in [0.15, 0.2) is 17.1 Å². The van der Waals surface area contributed by atoms with Crippen LogP contribution in [0.25, 0.3) is 0 Å². The van der Waals surface area contributed by atoms with Gasteiger partial charge >= 0.3 is 11.7 Å². The standard InChI is InChI=1S/C10H13N3O7/c11-3-1-2-13(10(19)12-3)8-5(15)4(14)7(20-8)6(16)9(17)18/h1-2,4-8,14-16H,(H,17,18)(H2,11,12,19). The topological polar surface area (TPSA) is 168 Å². The Labute approximate surface area is 111 Å². The summed E-state index contributed by atoms with van der Waals surface area (Å²) in [6.07, 6.45) is -7.07. The van der Waals surface area contributed by atoms with Crippen molar-refractivity contribution in [3.05, 3.63) is 22.7 Å². The zero-order valence-electron chi connectivity index (χ0n) is 10.0. The molecule has 0 saturated carbocycles. The van der Waals surface area contributed by atoms with Crippen molar-refractivity contribution in [2.24, 2.45) is 0 Å². The number of anilines is 1. The molecule has 10 heteroatoms. The Morgan fingerprint density at radius 1 is 1.45 bits per heavy atom. The molecule has 10 nitrogen and oxygen atoms in total. The van der Waals surface area contributed by atoms with E-state index in [1.165, 1.54) is 12.3 Å². The van der Waals surface area contributed by atoms with Gasteiger partial charge in [0.25, 0.3) is 0 Å². The third-order valence-corrected chi connectivity index (χ3v) is 2.97. The molecule has 2 heterocycles. The summed E-state index contributed by atoms with van der Waals surface area (Å²) in [5.74, 6) is -1.66. The van der Waals surface area contributed by atoms with Crippen LogP contribution in [0.1, 0.15) is 6.23 Å². The van der Waals surface area contributed by atoms with E-state index < -0.39 is 42.3 Å². The molecule has 110 valence electrons. The maximum atomic E-state index is 11.6. The number of nitrogens with two attached hydrogens (primary N) is 1. The van der Waals surface area contributed by atoms with Gasteiger partial charge in [0.1, 0.15) is 24.1 Å². The van der Waals surface area contributed by atoms with E-state index in [0.717, 1.165) is 4.57 Å². The lowest BCUT2D eigenvalue weighted by Gasteiger charge is -2.17. The van der Waals surface area contributed by atoms with Crippen LogP contribution in [-0.2, 0) is 9.53 Å². The first-order chi connectivity index (χ1) is 9.32. The second-order valence-corrected chi connectivity index (χ2v) is 4.30. The smallest absolute Gasteiger partial charge is 0.351 e. The molecule has 0 radical (unpaired) electrons. The maximum absolute atomic E-state index is 11.6. The van der Waals surface area contributed by atoms with Gasteiger partial charge in [-0.2, -0.15) is 4.98 Å². The molecule has 1 saturated heterocycles. The number of carbonyl (C=O) groups is 1. The molecule has 0 bridgehead atoms. The van der Waals surface area contributed by atoms with Crippen LogP contribution in [-0.4, -0.2) is 60.4 Å². The number of hydrogen-bond acceptors (Lipinski definition) is 8. The normalized spacial score (nSPS) is 31.1. The van der Waals surface area contributed by atoms with Crippen molar-refractivity contribution in [2.75, 3.05) is 5.73 Å². The number of carboxylic acid groups (broad SMARTS) is 1. The van der Waals surface area contributed by atoms with Crippen molar-refractivity contribution < 1.29 is 30.0 Å².